The summed E-state index contributed by atoms with van der Waals surface area (Å²) in [6.45, 7) is 1.89. The minimum atomic E-state index is -1.00. The number of hydrogen-bond acceptors (Lipinski definition) is 5. The molecule has 0 saturated carbocycles. The fraction of sp³-hybridized carbons (Fsp3) is 0.333. The summed E-state index contributed by atoms with van der Waals surface area (Å²) in [7, 11) is 0. The van der Waals surface area contributed by atoms with Gasteiger partial charge in [0.1, 0.15) is 5.69 Å². The van der Waals surface area contributed by atoms with Crippen LogP contribution in [0.4, 0.5) is 11.4 Å². The van der Waals surface area contributed by atoms with Crippen LogP contribution in [-0.2, 0) is 20.7 Å². The van der Waals surface area contributed by atoms with E-state index >= 15 is 0 Å². The molecule has 1 heterocycles. The van der Waals surface area contributed by atoms with E-state index in [1.165, 1.54) is 6.07 Å². The first-order chi connectivity index (χ1) is 9.45. The second-order valence-electron chi connectivity index (χ2n) is 4.12. The lowest BCUT2D eigenvalue weighted by Crippen LogP contribution is -2.36. The zero-order chi connectivity index (χ0) is 14.9. The summed E-state index contributed by atoms with van der Waals surface area (Å²) in [5.74, 6) is -1.88. The van der Waals surface area contributed by atoms with Crippen LogP contribution in [0.5, 0.6) is 0 Å². The summed E-state index contributed by atoms with van der Waals surface area (Å²) in [5.41, 5.74) is 0.629. The fourth-order valence-electron chi connectivity index (χ4n) is 2.13. The Balaban J connectivity index is 2.44. The molecule has 20 heavy (non-hydrogen) atoms. The van der Waals surface area contributed by atoms with Crippen LogP contribution in [0.15, 0.2) is 16.6 Å². The molecule has 1 amide bonds. The number of carbonyl (C=O) groups is 2. The van der Waals surface area contributed by atoms with Crippen molar-refractivity contribution in [2.75, 3.05) is 18.1 Å². The Kier molecular flexibility index (Phi) is 4.03. The van der Waals surface area contributed by atoms with Gasteiger partial charge in [-0.25, -0.2) is 4.79 Å². The Hall–Kier alpha value is -1.96. The zero-order valence-electron chi connectivity index (χ0n) is 10.6. The molecule has 2 rings (SSSR count). The van der Waals surface area contributed by atoms with Crippen molar-refractivity contribution in [3.8, 4) is 0 Å². The molecule has 0 fully saturated rings. The van der Waals surface area contributed by atoms with E-state index < -0.39 is 16.8 Å². The molecule has 0 N–H and O–H groups in total. The highest BCUT2D eigenvalue weighted by molar-refractivity contribution is 9.10. The van der Waals surface area contributed by atoms with Gasteiger partial charge < -0.3 is 4.74 Å². The Morgan fingerprint density at radius 1 is 1.50 bits per heavy atom. The van der Waals surface area contributed by atoms with Gasteiger partial charge in [0, 0.05) is 17.1 Å². The van der Waals surface area contributed by atoms with Gasteiger partial charge in [-0.2, -0.15) is 0 Å². The molecule has 0 bridgehead atoms. The Morgan fingerprint density at radius 2 is 2.20 bits per heavy atom. The van der Waals surface area contributed by atoms with E-state index in [0.717, 1.165) is 4.90 Å². The van der Waals surface area contributed by atoms with Crippen molar-refractivity contribution in [2.24, 2.45) is 0 Å². The highest BCUT2D eigenvalue weighted by Gasteiger charge is 2.36. The van der Waals surface area contributed by atoms with Crippen molar-refractivity contribution < 1.29 is 19.2 Å². The number of nitrogens with zero attached hydrogens (tertiary/aromatic N) is 2. The summed E-state index contributed by atoms with van der Waals surface area (Å²) < 4.78 is 5.21. The Bertz CT molecular complexity index is 602. The van der Waals surface area contributed by atoms with Crippen LogP contribution in [0.25, 0.3) is 0 Å². The largest absolute Gasteiger partial charge is 0.459 e. The third-order valence-electron chi connectivity index (χ3n) is 2.90. The molecule has 7 nitrogen and oxygen atoms in total. The molecular weight excluding hydrogens is 332 g/mol. The normalized spacial score (nSPS) is 13.0. The molecule has 0 aromatic heterocycles. The first-order valence-electron chi connectivity index (χ1n) is 5.91. The van der Waals surface area contributed by atoms with Gasteiger partial charge in [0.15, 0.2) is 0 Å². The summed E-state index contributed by atoms with van der Waals surface area (Å²) in [6, 6.07) is 3.02. The number of benzene rings is 1. The number of nitro groups is 1. The van der Waals surface area contributed by atoms with Crippen LogP contribution in [0.1, 0.15) is 12.5 Å². The van der Waals surface area contributed by atoms with Crippen LogP contribution < -0.4 is 4.90 Å². The second kappa shape index (κ2) is 5.58. The highest BCUT2D eigenvalue weighted by atomic mass is 79.9. The van der Waals surface area contributed by atoms with Gasteiger partial charge >= 0.3 is 11.9 Å². The van der Waals surface area contributed by atoms with Crippen LogP contribution >= 0.6 is 15.9 Å². The maximum atomic E-state index is 12.0. The fourth-order valence-corrected chi connectivity index (χ4v) is 2.62. The molecule has 1 aliphatic rings. The standard InChI is InChI=1S/C12H11BrN2O5/c1-2-20-12(17)11(16)14-4-3-7-5-8(13)6-9(10(7)14)15(18)19/h5-6H,2-4H2,1H3. The number of amides is 1. The molecule has 1 aliphatic heterocycles. The second-order valence-corrected chi connectivity index (χ2v) is 5.03. The number of nitro benzene ring substituents is 1. The van der Waals surface area contributed by atoms with Crippen molar-refractivity contribution in [3.63, 3.8) is 0 Å². The molecule has 0 radical (unpaired) electrons. The van der Waals surface area contributed by atoms with Gasteiger partial charge in [-0.15, -0.1) is 0 Å². The molecular formula is C12H11BrN2O5. The average molecular weight is 343 g/mol. The Labute approximate surface area is 122 Å². The summed E-state index contributed by atoms with van der Waals surface area (Å²) in [6.07, 6.45) is 0.459. The Morgan fingerprint density at radius 3 is 2.80 bits per heavy atom. The first kappa shape index (κ1) is 14.4. The first-order valence-corrected chi connectivity index (χ1v) is 6.70. The lowest BCUT2D eigenvalue weighted by atomic mass is 10.1. The van der Waals surface area contributed by atoms with Gasteiger partial charge in [-0.1, -0.05) is 15.9 Å². The predicted octanol–water partition coefficient (Wildman–Crippen LogP) is 1.81. The number of anilines is 1. The third kappa shape index (κ3) is 2.51. The quantitative estimate of drug-likeness (QED) is 0.354. The van der Waals surface area contributed by atoms with Crippen molar-refractivity contribution in [1.82, 2.24) is 0 Å². The SMILES string of the molecule is CCOC(=O)C(=O)N1CCc2cc(Br)cc([N+](=O)[O-])c21. The highest BCUT2D eigenvalue weighted by Crippen LogP contribution is 2.39. The molecule has 0 aliphatic carbocycles. The number of fused-ring (bicyclic) bond motifs is 1. The van der Waals surface area contributed by atoms with Crippen LogP contribution in [0, 0.1) is 10.1 Å². The topological polar surface area (TPSA) is 89.8 Å². The lowest BCUT2D eigenvalue weighted by Gasteiger charge is -2.16. The van der Waals surface area contributed by atoms with E-state index in [4.69, 9.17) is 0 Å². The number of ether oxygens (including phenoxy) is 1. The number of carbonyl (C=O) groups excluding carboxylic acids is 2. The minimum Gasteiger partial charge on any atom is -0.459 e. The smallest absolute Gasteiger partial charge is 0.397 e. The molecule has 0 atom stereocenters. The van der Waals surface area contributed by atoms with E-state index in [1.807, 2.05) is 0 Å². The summed E-state index contributed by atoms with van der Waals surface area (Å²) in [4.78, 5) is 35.1. The van der Waals surface area contributed by atoms with E-state index in [2.05, 4.69) is 20.7 Å². The summed E-state index contributed by atoms with van der Waals surface area (Å²) >= 11 is 3.20. The zero-order valence-corrected chi connectivity index (χ0v) is 12.2. The molecule has 8 heteroatoms. The average Bonchev–Trinajstić information content (AvgIpc) is 2.80. The van der Waals surface area contributed by atoms with Crippen LogP contribution in [0.2, 0.25) is 0 Å². The van der Waals surface area contributed by atoms with Gasteiger partial charge in [0.25, 0.3) is 5.69 Å². The van der Waals surface area contributed by atoms with Crippen molar-refractivity contribution in [1.29, 1.82) is 0 Å². The lowest BCUT2D eigenvalue weighted by molar-refractivity contribution is -0.384. The van der Waals surface area contributed by atoms with Crippen molar-refractivity contribution >= 4 is 39.2 Å². The van der Waals surface area contributed by atoms with Gasteiger partial charge in [-0.3, -0.25) is 19.8 Å². The van der Waals surface area contributed by atoms with Crippen molar-refractivity contribution in [3.05, 3.63) is 32.3 Å². The van der Waals surface area contributed by atoms with E-state index in [9.17, 15) is 19.7 Å². The van der Waals surface area contributed by atoms with Crippen molar-refractivity contribution in [2.45, 2.75) is 13.3 Å². The van der Waals surface area contributed by atoms with E-state index in [-0.39, 0.29) is 24.5 Å². The van der Waals surface area contributed by atoms with Crippen LogP contribution in [-0.4, -0.2) is 30.0 Å². The monoisotopic (exact) mass is 342 g/mol. The summed E-state index contributed by atoms with van der Waals surface area (Å²) in [5, 5.41) is 11.1. The number of hydrogen-bond donors (Lipinski definition) is 0. The molecule has 0 saturated heterocycles. The van der Waals surface area contributed by atoms with Gasteiger partial charge in [0.05, 0.1) is 11.5 Å². The number of rotatable bonds is 2. The maximum absolute atomic E-state index is 12.0. The minimum absolute atomic E-state index is 0.0771. The predicted molar refractivity (Wildman–Crippen MR) is 73.5 cm³/mol. The van der Waals surface area contributed by atoms with Crippen LogP contribution in [0.3, 0.4) is 0 Å². The third-order valence-corrected chi connectivity index (χ3v) is 3.36. The van der Waals surface area contributed by atoms with E-state index in [1.54, 1.807) is 13.0 Å². The molecule has 106 valence electrons. The maximum Gasteiger partial charge on any atom is 0.397 e. The number of halogens is 1. The van der Waals surface area contributed by atoms with E-state index in [0.29, 0.717) is 16.5 Å². The molecule has 0 spiro atoms. The molecule has 1 aromatic rings. The molecule has 0 unspecified atom stereocenters. The molecule has 1 aromatic carbocycles. The van der Waals surface area contributed by atoms with Gasteiger partial charge in [0.2, 0.25) is 0 Å². The number of esters is 1. The van der Waals surface area contributed by atoms with Gasteiger partial charge in [-0.05, 0) is 25.0 Å².